The van der Waals surface area contributed by atoms with Crippen LogP contribution >= 0.6 is 11.8 Å². The van der Waals surface area contributed by atoms with Crippen molar-refractivity contribution in [1.29, 1.82) is 0 Å². The highest BCUT2D eigenvalue weighted by atomic mass is 32.2. The minimum Gasteiger partial charge on any atom is -0.345 e. The predicted octanol–water partition coefficient (Wildman–Crippen LogP) is 1.57. The van der Waals surface area contributed by atoms with Crippen molar-refractivity contribution in [3.63, 3.8) is 0 Å². The molecule has 2 N–H and O–H groups in total. The Bertz CT molecular complexity index is 197. The first-order chi connectivity index (χ1) is 6.90. The van der Waals surface area contributed by atoms with Gasteiger partial charge in [-0.2, -0.15) is 11.8 Å². The number of nitrogens with zero attached hydrogens (tertiary/aromatic N) is 1. The predicted molar refractivity (Wildman–Crippen MR) is 68.0 cm³/mol. The topological polar surface area (TPSA) is 46.3 Å². The Morgan fingerprint density at radius 2 is 1.93 bits per heavy atom. The summed E-state index contributed by atoms with van der Waals surface area (Å²) in [5.41, 5.74) is 5.93. The molecule has 0 aliphatic carbocycles. The zero-order chi connectivity index (χ0) is 12.0. The van der Waals surface area contributed by atoms with E-state index in [0.717, 1.165) is 13.0 Å². The molecule has 4 heteroatoms. The van der Waals surface area contributed by atoms with Crippen LogP contribution in [0.5, 0.6) is 0 Å². The molecule has 2 unspecified atom stereocenters. The molecule has 0 bridgehead atoms. The van der Waals surface area contributed by atoms with Crippen LogP contribution in [-0.4, -0.2) is 41.9 Å². The molecule has 0 aromatic heterocycles. The molecule has 3 nitrogen and oxygen atoms in total. The molecule has 0 aliphatic heterocycles. The van der Waals surface area contributed by atoms with Gasteiger partial charge in [0.1, 0.15) is 0 Å². The molecule has 0 aromatic carbocycles. The second-order valence-electron chi connectivity index (χ2n) is 4.33. The normalized spacial score (nSPS) is 15.1. The number of thioether (sulfide) groups is 1. The number of nitrogens with two attached hydrogens (primary N) is 1. The quantitative estimate of drug-likeness (QED) is 0.756. The Morgan fingerprint density at radius 3 is 2.33 bits per heavy atom. The summed E-state index contributed by atoms with van der Waals surface area (Å²) in [5.74, 6) is 0.671. The van der Waals surface area contributed by atoms with Gasteiger partial charge in [0, 0.05) is 19.6 Å². The summed E-state index contributed by atoms with van der Waals surface area (Å²) in [6.07, 6.45) is 2.83. The van der Waals surface area contributed by atoms with Crippen molar-refractivity contribution in [1.82, 2.24) is 4.90 Å². The lowest BCUT2D eigenvalue weighted by molar-refractivity contribution is -0.129. The first-order valence-electron chi connectivity index (χ1n) is 5.43. The molecule has 0 fully saturated rings. The van der Waals surface area contributed by atoms with Gasteiger partial charge in [-0.15, -0.1) is 0 Å². The standard InChI is InChI=1S/C11H24N2OS/c1-8(2)10(12)6-7-13(4)11(14)9(3)15-5/h8-10H,6-7,12H2,1-5H3. The van der Waals surface area contributed by atoms with Gasteiger partial charge >= 0.3 is 0 Å². The molecule has 0 radical (unpaired) electrons. The first kappa shape index (κ1) is 14.8. The van der Waals surface area contributed by atoms with Crippen molar-refractivity contribution in [3.05, 3.63) is 0 Å². The average Bonchev–Trinajstić information content (AvgIpc) is 2.22. The number of rotatable bonds is 6. The van der Waals surface area contributed by atoms with E-state index in [4.69, 9.17) is 5.73 Å². The van der Waals surface area contributed by atoms with E-state index >= 15 is 0 Å². The lowest BCUT2D eigenvalue weighted by Crippen LogP contribution is -2.37. The van der Waals surface area contributed by atoms with Crippen molar-refractivity contribution in [3.8, 4) is 0 Å². The van der Waals surface area contributed by atoms with Crippen molar-refractivity contribution < 1.29 is 4.79 Å². The third-order valence-corrected chi connectivity index (χ3v) is 3.64. The largest absolute Gasteiger partial charge is 0.345 e. The highest BCUT2D eigenvalue weighted by Gasteiger charge is 2.17. The monoisotopic (exact) mass is 232 g/mol. The molecule has 2 atom stereocenters. The molecule has 1 amide bonds. The van der Waals surface area contributed by atoms with Gasteiger partial charge in [0.05, 0.1) is 5.25 Å². The fourth-order valence-corrected chi connectivity index (χ4v) is 1.58. The van der Waals surface area contributed by atoms with E-state index in [1.165, 1.54) is 0 Å². The number of hydrogen-bond donors (Lipinski definition) is 1. The Hall–Kier alpha value is -0.220. The second-order valence-corrected chi connectivity index (χ2v) is 5.51. The van der Waals surface area contributed by atoms with Crippen LogP contribution in [0.2, 0.25) is 0 Å². The van der Waals surface area contributed by atoms with E-state index in [1.54, 1.807) is 16.7 Å². The van der Waals surface area contributed by atoms with E-state index < -0.39 is 0 Å². The van der Waals surface area contributed by atoms with Gasteiger partial charge in [-0.05, 0) is 25.5 Å². The molecule has 0 aromatic rings. The highest BCUT2D eigenvalue weighted by molar-refractivity contribution is 7.99. The Balaban J connectivity index is 3.93. The SMILES string of the molecule is CSC(C)C(=O)N(C)CCC(N)C(C)C. The number of carbonyl (C=O) groups excluding carboxylic acids is 1. The van der Waals surface area contributed by atoms with Crippen LogP contribution in [0.25, 0.3) is 0 Å². The van der Waals surface area contributed by atoms with Crippen LogP contribution in [0.4, 0.5) is 0 Å². The summed E-state index contributed by atoms with van der Waals surface area (Å²) in [5, 5.41) is 0.0466. The maximum atomic E-state index is 11.7. The third kappa shape index (κ3) is 5.42. The van der Waals surface area contributed by atoms with Crippen LogP contribution < -0.4 is 5.73 Å². The molecule has 0 aliphatic rings. The van der Waals surface area contributed by atoms with Crippen LogP contribution in [0.3, 0.4) is 0 Å². The maximum Gasteiger partial charge on any atom is 0.235 e. The van der Waals surface area contributed by atoms with Gasteiger partial charge in [-0.3, -0.25) is 4.79 Å². The zero-order valence-corrected chi connectivity index (χ0v) is 11.3. The van der Waals surface area contributed by atoms with Crippen molar-refractivity contribution in [2.45, 2.75) is 38.5 Å². The summed E-state index contributed by atoms with van der Waals surface area (Å²) < 4.78 is 0. The maximum absolute atomic E-state index is 11.7. The Morgan fingerprint density at radius 1 is 1.40 bits per heavy atom. The fraction of sp³-hybridized carbons (Fsp3) is 0.909. The molecule has 0 spiro atoms. The average molecular weight is 232 g/mol. The molecular formula is C11H24N2OS. The van der Waals surface area contributed by atoms with Crippen molar-refractivity contribution in [2.75, 3.05) is 19.8 Å². The first-order valence-corrected chi connectivity index (χ1v) is 6.72. The molecule has 0 rings (SSSR count). The van der Waals surface area contributed by atoms with Gasteiger partial charge in [0.15, 0.2) is 0 Å². The molecule has 0 saturated heterocycles. The van der Waals surface area contributed by atoms with Crippen LogP contribution in [0.15, 0.2) is 0 Å². The van der Waals surface area contributed by atoms with Crippen molar-refractivity contribution in [2.24, 2.45) is 11.7 Å². The van der Waals surface area contributed by atoms with Gasteiger partial charge < -0.3 is 10.6 Å². The molecule has 0 heterocycles. The summed E-state index contributed by atoms with van der Waals surface area (Å²) in [6.45, 7) is 6.91. The fourth-order valence-electron chi connectivity index (χ4n) is 1.20. The number of amides is 1. The lowest BCUT2D eigenvalue weighted by Gasteiger charge is -2.23. The lowest BCUT2D eigenvalue weighted by atomic mass is 10.0. The summed E-state index contributed by atoms with van der Waals surface area (Å²) >= 11 is 1.58. The van der Waals surface area contributed by atoms with Gasteiger partial charge in [0.2, 0.25) is 5.91 Å². The van der Waals surface area contributed by atoms with Crippen LogP contribution in [0.1, 0.15) is 27.2 Å². The van der Waals surface area contributed by atoms with Gasteiger partial charge in [0.25, 0.3) is 0 Å². The Labute approximate surface area is 97.8 Å². The molecule has 15 heavy (non-hydrogen) atoms. The number of carbonyl (C=O) groups is 1. The minimum atomic E-state index is 0.0466. The van der Waals surface area contributed by atoms with E-state index in [0.29, 0.717) is 5.92 Å². The molecule has 0 saturated carbocycles. The Kier molecular flexibility index (Phi) is 7.02. The molecular weight excluding hydrogens is 208 g/mol. The van der Waals surface area contributed by atoms with Crippen LogP contribution in [0, 0.1) is 5.92 Å². The van der Waals surface area contributed by atoms with E-state index in [2.05, 4.69) is 13.8 Å². The smallest absolute Gasteiger partial charge is 0.235 e. The van der Waals surface area contributed by atoms with E-state index in [9.17, 15) is 4.79 Å². The van der Waals surface area contributed by atoms with Crippen LogP contribution in [-0.2, 0) is 4.79 Å². The second kappa shape index (κ2) is 7.12. The summed E-state index contributed by atoms with van der Waals surface area (Å²) in [6, 6.07) is 0.185. The zero-order valence-electron chi connectivity index (χ0n) is 10.5. The highest BCUT2D eigenvalue weighted by Crippen LogP contribution is 2.10. The summed E-state index contributed by atoms with van der Waals surface area (Å²) in [4.78, 5) is 13.5. The van der Waals surface area contributed by atoms with Gasteiger partial charge in [-0.25, -0.2) is 0 Å². The van der Waals surface area contributed by atoms with E-state index in [1.807, 2.05) is 20.2 Å². The molecule has 90 valence electrons. The van der Waals surface area contributed by atoms with E-state index in [-0.39, 0.29) is 17.2 Å². The number of hydrogen-bond acceptors (Lipinski definition) is 3. The van der Waals surface area contributed by atoms with Gasteiger partial charge in [-0.1, -0.05) is 13.8 Å². The van der Waals surface area contributed by atoms with Crippen molar-refractivity contribution >= 4 is 17.7 Å². The summed E-state index contributed by atoms with van der Waals surface area (Å²) in [7, 11) is 1.85. The minimum absolute atomic E-state index is 0.0466. The third-order valence-electron chi connectivity index (χ3n) is 2.73.